The van der Waals surface area contributed by atoms with E-state index in [0.717, 1.165) is 12.0 Å². The quantitative estimate of drug-likeness (QED) is 0.757. The number of nitrogens with zero attached hydrogens (tertiary/aromatic N) is 3. The molecule has 0 spiro atoms. The van der Waals surface area contributed by atoms with Crippen LogP contribution in [0.15, 0.2) is 43.0 Å². The summed E-state index contributed by atoms with van der Waals surface area (Å²) in [7, 11) is 0. The standard InChI is InChI=1S/C11H11N3O/c15-11(14-9-1-6-13-14)3-2-10-4-7-12-8-5-10/h1,4-9H,2-3H2. The van der Waals surface area contributed by atoms with Crippen LogP contribution in [0.4, 0.5) is 0 Å². The van der Waals surface area contributed by atoms with E-state index in [1.165, 1.54) is 4.68 Å². The van der Waals surface area contributed by atoms with Crippen LogP contribution in [0.25, 0.3) is 0 Å². The van der Waals surface area contributed by atoms with Gasteiger partial charge in [-0.3, -0.25) is 9.78 Å². The molecule has 0 amide bonds. The van der Waals surface area contributed by atoms with Crippen molar-refractivity contribution in [3.8, 4) is 0 Å². The van der Waals surface area contributed by atoms with Crippen molar-refractivity contribution in [2.24, 2.45) is 0 Å². The Labute approximate surface area is 87.6 Å². The van der Waals surface area contributed by atoms with E-state index in [1.54, 1.807) is 30.9 Å². The van der Waals surface area contributed by atoms with Gasteiger partial charge in [0.15, 0.2) is 0 Å². The zero-order valence-electron chi connectivity index (χ0n) is 8.21. The number of aromatic nitrogens is 3. The van der Waals surface area contributed by atoms with Gasteiger partial charge in [0.1, 0.15) is 0 Å². The molecule has 4 nitrogen and oxygen atoms in total. The summed E-state index contributed by atoms with van der Waals surface area (Å²) in [6.45, 7) is 0. The second kappa shape index (κ2) is 4.50. The van der Waals surface area contributed by atoms with Gasteiger partial charge in [-0.15, -0.1) is 0 Å². The highest BCUT2D eigenvalue weighted by Gasteiger charge is 2.04. The molecule has 0 atom stereocenters. The first-order valence-electron chi connectivity index (χ1n) is 4.78. The third-order valence-electron chi connectivity index (χ3n) is 2.14. The van der Waals surface area contributed by atoms with Gasteiger partial charge in [-0.1, -0.05) is 0 Å². The SMILES string of the molecule is O=C(CCc1ccncc1)n1cccn1. The molecule has 2 aromatic heterocycles. The van der Waals surface area contributed by atoms with Gasteiger partial charge in [-0.05, 0) is 30.2 Å². The van der Waals surface area contributed by atoms with Gasteiger partial charge >= 0.3 is 0 Å². The first-order valence-corrected chi connectivity index (χ1v) is 4.78. The maximum atomic E-state index is 11.6. The topological polar surface area (TPSA) is 47.8 Å². The summed E-state index contributed by atoms with van der Waals surface area (Å²) < 4.78 is 1.36. The molecule has 0 aromatic carbocycles. The summed E-state index contributed by atoms with van der Waals surface area (Å²) >= 11 is 0. The number of carbonyl (C=O) groups is 1. The van der Waals surface area contributed by atoms with Crippen molar-refractivity contribution < 1.29 is 4.79 Å². The third-order valence-corrected chi connectivity index (χ3v) is 2.14. The largest absolute Gasteiger partial charge is 0.273 e. The fraction of sp³-hybridized carbons (Fsp3) is 0.182. The molecule has 2 rings (SSSR count). The van der Waals surface area contributed by atoms with Gasteiger partial charge in [-0.25, -0.2) is 4.68 Å². The molecule has 0 bridgehead atoms. The molecule has 76 valence electrons. The van der Waals surface area contributed by atoms with Crippen molar-refractivity contribution in [2.45, 2.75) is 12.8 Å². The Balaban J connectivity index is 1.92. The van der Waals surface area contributed by atoms with Crippen LogP contribution in [0.1, 0.15) is 16.8 Å². The molecule has 15 heavy (non-hydrogen) atoms. The highest BCUT2D eigenvalue weighted by Crippen LogP contribution is 2.02. The van der Waals surface area contributed by atoms with E-state index >= 15 is 0 Å². The van der Waals surface area contributed by atoms with Gasteiger partial charge in [0, 0.05) is 31.2 Å². The van der Waals surface area contributed by atoms with Gasteiger partial charge in [0.2, 0.25) is 5.91 Å². The number of hydrogen-bond donors (Lipinski definition) is 0. The summed E-state index contributed by atoms with van der Waals surface area (Å²) in [6.07, 6.45) is 7.91. The van der Waals surface area contributed by atoms with Crippen LogP contribution in [-0.2, 0) is 6.42 Å². The van der Waals surface area contributed by atoms with E-state index < -0.39 is 0 Å². The Morgan fingerprint density at radius 3 is 2.73 bits per heavy atom. The Morgan fingerprint density at radius 1 is 1.27 bits per heavy atom. The predicted octanol–water partition coefficient (Wildman–Crippen LogP) is 1.55. The minimum Gasteiger partial charge on any atom is -0.273 e. The highest BCUT2D eigenvalue weighted by molar-refractivity contribution is 5.77. The fourth-order valence-electron chi connectivity index (χ4n) is 1.33. The average Bonchev–Trinajstić information content (AvgIpc) is 2.81. The van der Waals surface area contributed by atoms with Gasteiger partial charge in [0.05, 0.1) is 0 Å². The number of hydrogen-bond acceptors (Lipinski definition) is 3. The molecule has 0 aliphatic carbocycles. The number of aryl methyl sites for hydroxylation is 1. The smallest absolute Gasteiger partial charge is 0.247 e. The Kier molecular flexibility index (Phi) is 2.88. The van der Waals surface area contributed by atoms with Crippen molar-refractivity contribution in [1.82, 2.24) is 14.8 Å². The van der Waals surface area contributed by atoms with Crippen LogP contribution >= 0.6 is 0 Å². The summed E-state index contributed by atoms with van der Waals surface area (Å²) in [5.41, 5.74) is 1.12. The third kappa shape index (κ3) is 2.49. The van der Waals surface area contributed by atoms with E-state index in [0.29, 0.717) is 6.42 Å². The van der Waals surface area contributed by atoms with E-state index in [1.807, 2.05) is 12.1 Å². The maximum absolute atomic E-state index is 11.6. The fourth-order valence-corrected chi connectivity index (χ4v) is 1.33. The van der Waals surface area contributed by atoms with Crippen molar-refractivity contribution in [3.63, 3.8) is 0 Å². The molecule has 0 fully saturated rings. The molecule has 0 aliphatic rings. The zero-order valence-corrected chi connectivity index (χ0v) is 8.21. The first-order chi connectivity index (χ1) is 7.36. The summed E-state index contributed by atoms with van der Waals surface area (Å²) in [5.74, 6) is 0.0109. The van der Waals surface area contributed by atoms with Crippen LogP contribution in [0.2, 0.25) is 0 Å². The number of carbonyl (C=O) groups excluding carboxylic acids is 1. The van der Waals surface area contributed by atoms with Gasteiger partial charge in [0.25, 0.3) is 0 Å². The predicted molar refractivity (Wildman–Crippen MR) is 55.4 cm³/mol. The number of pyridine rings is 1. The van der Waals surface area contributed by atoms with Crippen LogP contribution in [0.5, 0.6) is 0 Å². The summed E-state index contributed by atoms with van der Waals surface area (Å²) in [5, 5.41) is 3.88. The normalized spacial score (nSPS) is 10.1. The average molecular weight is 201 g/mol. The van der Waals surface area contributed by atoms with E-state index in [2.05, 4.69) is 10.1 Å². The maximum Gasteiger partial charge on any atom is 0.247 e. The second-order valence-corrected chi connectivity index (χ2v) is 3.20. The Bertz CT molecular complexity index is 422. The molecular weight excluding hydrogens is 190 g/mol. The molecule has 0 unspecified atom stereocenters. The Hall–Kier alpha value is -1.97. The molecule has 4 heteroatoms. The van der Waals surface area contributed by atoms with Crippen LogP contribution in [0.3, 0.4) is 0 Å². The highest BCUT2D eigenvalue weighted by atomic mass is 16.2. The molecule has 0 N–H and O–H groups in total. The second-order valence-electron chi connectivity index (χ2n) is 3.20. The van der Waals surface area contributed by atoms with Crippen molar-refractivity contribution in [3.05, 3.63) is 48.5 Å². The lowest BCUT2D eigenvalue weighted by molar-refractivity contribution is 0.0887. The molecular formula is C11H11N3O. The molecule has 0 saturated heterocycles. The minimum atomic E-state index is 0.0109. The van der Waals surface area contributed by atoms with E-state index in [4.69, 9.17) is 0 Å². The first kappa shape index (κ1) is 9.58. The number of rotatable bonds is 3. The summed E-state index contributed by atoms with van der Waals surface area (Å²) in [4.78, 5) is 15.5. The zero-order chi connectivity index (χ0) is 10.5. The molecule has 0 saturated carbocycles. The van der Waals surface area contributed by atoms with Gasteiger partial charge in [-0.2, -0.15) is 5.10 Å². The lowest BCUT2D eigenvalue weighted by atomic mass is 10.1. The molecule has 2 heterocycles. The van der Waals surface area contributed by atoms with Crippen LogP contribution in [-0.4, -0.2) is 20.7 Å². The van der Waals surface area contributed by atoms with Gasteiger partial charge < -0.3 is 0 Å². The van der Waals surface area contributed by atoms with Crippen molar-refractivity contribution >= 4 is 5.91 Å². The summed E-state index contributed by atoms with van der Waals surface area (Å²) in [6, 6.07) is 5.57. The molecule has 0 aliphatic heterocycles. The van der Waals surface area contributed by atoms with E-state index in [9.17, 15) is 4.79 Å². The Morgan fingerprint density at radius 2 is 2.07 bits per heavy atom. The van der Waals surface area contributed by atoms with E-state index in [-0.39, 0.29) is 5.91 Å². The minimum absolute atomic E-state index is 0.0109. The van der Waals surface area contributed by atoms with Crippen LogP contribution in [0, 0.1) is 0 Å². The van der Waals surface area contributed by atoms with Crippen molar-refractivity contribution in [2.75, 3.05) is 0 Å². The monoisotopic (exact) mass is 201 g/mol. The lowest BCUT2D eigenvalue weighted by Gasteiger charge is -2.00. The van der Waals surface area contributed by atoms with Crippen molar-refractivity contribution in [1.29, 1.82) is 0 Å². The molecule has 2 aromatic rings. The molecule has 0 radical (unpaired) electrons. The lowest BCUT2D eigenvalue weighted by Crippen LogP contribution is -2.11. The van der Waals surface area contributed by atoms with Crippen LogP contribution < -0.4 is 0 Å².